The monoisotopic (exact) mass is 347 g/mol. The summed E-state index contributed by atoms with van der Waals surface area (Å²) in [6, 6.07) is 7.97. The van der Waals surface area contributed by atoms with Gasteiger partial charge in [0.1, 0.15) is 5.75 Å². The Labute approximate surface area is 150 Å². The Morgan fingerprint density at radius 1 is 1.20 bits per heavy atom. The highest BCUT2D eigenvalue weighted by atomic mass is 16.5. The van der Waals surface area contributed by atoms with E-state index in [1.807, 2.05) is 43.0 Å². The van der Waals surface area contributed by atoms with Crippen molar-refractivity contribution in [2.75, 3.05) is 40.3 Å². The lowest BCUT2D eigenvalue weighted by molar-refractivity contribution is -0.134. The number of carbonyl (C=O) groups is 2. The van der Waals surface area contributed by atoms with Crippen LogP contribution in [-0.4, -0.2) is 72.9 Å². The molecule has 1 atom stereocenters. The van der Waals surface area contributed by atoms with Crippen LogP contribution in [-0.2, 0) is 9.59 Å². The van der Waals surface area contributed by atoms with E-state index in [0.29, 0.717) is 26.2 Å². The molecule has 2 rings (SSSR count). The molecule has 25 heavy (non-hydrogen) atoms. The highest BCUT2D eigenvalue weighted by Crippen LogP contribution is 2.27. The average molecular weight is 347 g/mol. The standard InChI is InChI=1S/C19H29N3O3/c1-14(2)25-17-8-6-16(7-9-17)18-12-21(15(3)23)10-11-22(18)13-19(24)20(4)5/h6-9,14,18H,10-13H2,1-5H3/t18-/m0/s1. The van der Waals surface area contributed by atoms with Crippen LogP contribution in [0, 0.1) is 0 Å². The fourth-order valence-corrected chi connectivity index (χ4v) is 2.97. The third kappa shape index (κ3) is 5.19. The van der Waals surface area contributed by atoms with Crippen molar-refractivity contribution in [1.29, 1.82) is 0 Å². The van der Waals surface area contributed by atoms with Crippen molar-refractivity contribution in [3.05, 3.63) is 29.8 Å². The van der Waals surface area contributed by atoms with Crippen LogP contribution in [0.15, 0.2) is 24.3 Å². The molecule has 6 heteroatoms. The molecule has 1 fully saturated rings. The molecule has 1 aromatic rings. The normalized spacial score (nSPS) is 18.3. The molecule has 1 saturated heterocycles. The van der Waals surface area contributed by atoms with Crippen LogP contribution >= 0.6 is 0 Å². The van der Waals surface area contributed by atoms with Gasteiger partial charge >= 0.3 is 0 Å². The number of nitrogens with zero attached hydrogens (tertiary/aromatic N) is 3. The van der Waals surface area contributed by atoms with E-state index < -0.39 is 0 Å². The largest absolute Gasteiger partial charge is 0.491 e. The molecule has 0 bridgehead atoms. The molecule has 0 spiro atoms. The second kappa shape index (κ2) is 8.34. The Balaban J connectivity index is 2.19. The first-order valence-electron chi connectivity index (χ1n) is 8.74. The second-order valence-corrected chi connectivity index (χ2v) is 6.98. The topological polar surface area (TPSA) is 53.1 Å². The van der Waals surface area contributed by atoms with Gasteiger partial charge in [-0.1, -0.05) is 12.1 Å². The van der Waals surface area contributed by atoms with Gasteiger partial charge in [0.25, 0.3) is 0 Å². The number of ether oxygens (including phenoxy) is 1. The summed E-state index contributed by atoms with van der Waals surface area (Å²) in [6.45, 7) is 7.88. The van der Waals surface area contributed by atoms with Crippen molar-refractivity contribution in [2.24, 2.45) is 0 Å². The summed E-state index contributed by atoms with van der Waals surface area (Å²) in [5, 5.41) is 0. The molecule has 0 radical (unpaired) electrons. The molecule has 0 N–H and O–H groups in total. The maximum absolute atomic E-state index is 12.2. The van der Waals surface area contributed by atoms with Crippen molar-refractivity contribution in [1.82, 2.24) is 14.7 Å². The van der Waals surface area contributed by atoms with Gasteiger partial charge in [0.15, 0.2) is 0 Å². The number of hydrogen-bond donors (Lipinski definition) is 0. The molecule has 6 nitrogen and oxygen atoms in total. The number of benzene rings is 1. The Kier molecular flexibility index (Phi) is 6.42. The molecule has 2 amide bonds. The minimum Gasteiger partial charge on any atom is -0.491 e. The predicted octanol–water partition coefficient (Wildman–Crippen LogP) is 1.77. The average Bonchev–Trinajstić information content (AvgIpc) is 2.55. The summed E-state index contributed by atoms with van der Waals surface area (Å²) in [6.07, 6.45) is 0.128. The van der Waals surface area contributed by atoms with Gasteiger partial charge in [0.2, 0.25) is 11.8 Å². The molecule has 1 aromatic carbocycles. The Morgan fingerprint density at radius 3 is 2.36 bits per heavy atom. The van der Waals surface area contributed by atoms with Crippen molar-refractivity contribution in [3.8, 4) is 5.75 Å². The zero-order valence-corrected chi connectivity index (χ0v) is 15.9. The first-order chi connectivity index (χ1) is 11.8. The van der Waals surface area contributed by atoms with E-state index in [4.69, 9.17) is 4.74 Å². The molecular formula is C19H29N3O3. The van der Waals surface area contributed by atoms with Gasteiger partial charge in [-0.05, 0) is 31.5 Å². The van der Waals surface area contributed by atoms with E-state index in [1.54, 1.807) is 25.9 Å². The minimum absolute atomic E-state index is 0.00894. The number of hydrogen-bond acceptors (Lipinski definition) is 4. The highest BCUT2D eigenvalue weighted by Gasteiger charge is 2.30. The fourth-order valence-electron chi connectivity index (χ4n) is 2.97. The van der Waals surface area contributed by atoms with Gasteiger partial charge in [0, 0.05) is 40.7 Å². The van der Waals surface area contributed by atoms with Crippen LogP contribution in [0.5, 0.6) is 5.75 Å². The Morgan fingerprint density at radius 2 is 1.84 bits per heavy atom. The maximum atomic E-state index is 12.2. The van der Waals surface area contributed by atoms with Gasteiger partial charge in [0.05, 0.1) is 18.7 Å². The summed E-state index contributed by atoms with van der Waals surface area (Å²) in [4.78, 5) is 29.6. The number of piperazine rings is 1. The van der Waals surface area contributed by atoms with E-state index in [9.17, 15) is 9.59 Å². The number of likely N-dealkylation sites (N-methyl/N-ethyl adjacent to an activating group) is 1. The molecule has 0 saturated carbocycles. The van der Waals surface area contributed by atoms with Crippen LogP contribution in [0.2, 0.25) is 0 Å². The van der Waals surface area contributed by atoms with Crippen LogP contribution in [0.25, 0.3) is 0 Å². The van der Waals surface area contributed by atoms with Gasteiger partial charge in [-0.15, -0.1) is 0 Å². The highest BCUT2D eigenvalue weighted by molar-refractivity contribution is 5.78. The molecule has 0 aromatic heterocycles. The van der Waals surface area contributed by atoms with Crippen molar-refractivity contribution < 1.29 is 14.3 Å². The van der Waals surface area contributed by atoms with Crippen LogP contribution in [0.4, 0.5) is 0 Å². The van der Waals surface area contributed by atoms with E-state index in [0.717, 1.165) is 11.3 Å². The van der Waals surface area contributed by atoms with E-state index in [-0.39, 0.29) is 24.0 Å². The van der Waals surface area contributed by atoms with Gasteiger partial charge in [-0.3, -0.25) is 14.5 Å². The molecule has 138 valence electrons. The molecule has 0 aliphatic carbocycles. The van der Waals surface area contributed by atoms with Crippen molar-refractivity contribution in [3.63, 3.8) is 0 Å². The lowest BCUT2D eigenvalue weighted by atomic mass is 10.0. The van der Waals surface area contributed by atoms with Gasteiger partial charge < -0.3 is 14.5 Å². The Bertz CT molecular complexity index is 598. The SMILES string of the molecule is CC(=O)N1CCN(CC(=O)N(C)C)[C@H](c2ccc(OC(C)C)cc2)C1. The summed E-state index contributed by atoms with van der Waals surface area (Å²) >= 11 is 0. The summed E-state index contributed by atoms with van der Waals surface area (Å²) < 4.78 is 5.70. The van der Waals surface area contributed by atoms with E-state index in [1.165, 1.54) is 0 Å². The lowest BCUT2D eigenvalue weighted by Crippen LogP contribution is -2.52. The van der Waals surface area contributed by atoms with Gasteiger partial charge in [-0.2, -0.15) is 0 Å². The fraction of sp³-hybridized carbons (Fsp3) is 0.579. The zero-order valence-electron chi connectivity index (χ0n) is 15.9. The van der Waals surface area contributed by atoms with E-state index >= 15 is 0 Å². The summed E-state index contributed by atoms with van der Waals surface area (Å²) in [5.41, 5.74) is 1.09. The van der Waals surface area contributed by atoms with Crippen molar-refractivity contribution >= 4 is 11.8 Å². The summed E-state index contributed by atoms with van der Waals surface area (Å²) in [7, 11) is 3.53. The predicted molar refractivity (Wildman–Crippen MR) is 97.5 cm³/mol. The van der Waals surface area contributed by atoms with Crippen LogP contribution < -0.4 is 4.74 Å². The number of carbonyl (C=O) groups excluding carboxylic acids is 2. The van der Waals surface area contributed by atoms with Crippen LogP contribution in [0.1, 0.15) is 32.4 Å². The molecule has 1 aliphatic rings. The molecule has 0 unspecified atom stereocenters. The maximum Gasteiger partial charge on any atom is 0.236 e. The minimum atomic E-state index is 0.00894. The first kappa shape index (κ1) is 19.2. The number of amides is 2. The molecular weight excluding hydrogens is 318 g/mol. The lowest BCUT2D eigenvalue weighted by Gasteiger charge is -2.41. The third-order valence-electron chi connectivity index (χ3n) is 4.41. The number of rotatable bonds is 5. The van der Waals surface area contributed by atoms with Crippen molar-refractivity contribution in [2.45, 2.75) is 32.9 Å². The van der Waals surface area contributed by atoms with Crippen LogP contribution in [0.3, 0.4) is 0 Å². The molecule has 1 heterocycles. The third-order valence-corrected chi connectivity index (χ3v) is 4.41. The smallest absolute Gasteiger partial charge is 0.236 e. The molecule has 1 aliphatic heterocycles. The first-order valence-corrected chi connectivity index (χ1v) is 8.74. The van der Waals surface area contributed by atoms with Gasteiger partial charge in [-0.25, -0.2) is 0 Å². The zero-order chi connectivity index (χ0) is 18.6. The summed E-state index contributed by atoms with van der Waals surface area (Å²) in [5.74, 6) is 0.971. The quantitative estimate of drug-likeness (QED) is 0.815. The second-order valence-electron chi connectivity index (χ2n) is 6.98. The van der Waals surface area contributed by atoms with E-state index in [2.05, 4.69) is 4.90 Å². The Hall–Kier alpha value is -2.08.